The Morgan fingerprint density at radius 1 is 1.00 bits per heavy atom. The Kier molecular flexibility index (Phi) is 7.75. The molecule has 5 heteroatoms. The van der Waals surface area contributed by atoms with Gasteiger partial charge in [-0.05, 0) is 37.7 Å². The molecule has 2 rings (SSSR count). The van der Waals surface area contributed by atoms with Gasteiger partial charge in [0.25, 0.3) is 0 Å². The smallest absolute Gasteiger partial charge is 0.223 e. The van der Waals surface area contributed by atoms with Crippen LogP contribution in [0.3, 0.4) is 0 Å². The van der Waals surface area contributed by atoms with Crippen LogP contribution in [0.25, 0.3) is 0 Å². The molecule has 0 bridgehead atoms. The summed E-state index contributed by atoms with van der Waals surface area (Å²) in [5.74, 6) is 0.309. The normalized spacial score (nSPS) is 20.4. The van der Waals surface area contributed by atoms with Crippen molar-refractivity contribution in [2.24, 2.45) is 11.8 Å². The molecule has 2 amide bonds. The predicted molar refractivity (Wildman–Crippen MR) is 93.2 cm³/mol. The molecule has 1 aliphatic carbocycles. The maximum Gasteiger partial charge on any atom is 0.223 e. The molecule has 1 fully saturated rings. The maximum absolute atomic E-state index is 12.3. The summed E-state index contributed by atoms with van der Waals surface area (Å²) in [7, 11) is 1.66. The van der Waals surface area contributed by atoms with E-state index in [1.807, 2.05) is 30.3 Å². The van der Waals surface area contributed by atoms with Gasteiger partial charge >= 0.3 is 0 Å². The van der Waals surface area contributed by atoms with E-state index in [-0.39, 0.29) is 23.7 Å². The summed E-state index contributed by atoms with van der Waals surface area (Å²) in [6.07, 6.45) is 3.99. The van der Waals surface area contributed by atoms with Crippen LogP contribution in [0, 0.1) is 11.8 Å². The molecule has 0 aliphatic heterocycles. The van der Waals surface area contributed by atoms with Crippen LogP contribution in [0.5, 0.6) is 0 Å². The monoisotopic (exact) mass is 332 g/mol. The molecule has 1 aromatic carbocycles. The first-order valence-corrected chi connectivity index (χ1v) is 8.79. The average molecular weight is 332 g/mol. The Morgan fingerprint density at radius 2 is 1.58 bits per heavy atom. The van der Waals surface area contributed by atoms with E-state index in [0.29, 0.717) is 19.7 Å². The number of carbonyl (C=O) groups excluding carboxylic acids is 2. The number of hydrogen-bond donors (Lipinski definition) is 2. The fourth-order valence-corrected chi connectivity index (χ4v) is 3.12. The highest BCUT2D eigenvalue weighted by atomic mass is 16.5. The molecule has 2 N–H and O–H groups in total. The van der Waals surface area contributed by atoms with Crippen LogP contribution >= 0.6 is 0 Å². The van der Waals surface area contributed by atoms with E-state index in [0.717, 1.165) is 37.7 Å². The SMILES string of the molecule is COCCCNC(=O)C1CCC(C(=O)NCc2ccccc2)CC1. The number of carbonyl (C=O) groups is 2. The molecule has 132 valence electrons. The van der Waals surface area contributed by atoms with Crippen molar-refractivity contribution in [2.45, 2.75) is 38.6 Å². The van der Waals surface area contributed by atoms with Gasteiger partial charge in [-0.15, -0.1) is 0 Å². The van der Waals surface area contributed by atoms with E-state index in [2.05, 4.69) is 10.6 Å². The van der Waals surface area contributed by atoms with Gasteiger partial charge in [0.05, 0.1) is 0 Å². The summed E-state index contributed by atoms with van der Waals surface area (Å²) in [4.78, 5) is 24.4. The van der Waals surface area contributed by atoms with E-state index in [4.69, 9.17) is 4.74 Å². The Hall–Kier alpha value is -1.88. The highest BCUT2D eigenvalue weighted by Crippen LogP contribution is 2.29. The van der Waals surface area contributed by atoms with Crippen molar-refractivity contribution in [3.8, 4) is 0 Å². The van der Waals surface area contributed by atoms with Crippen LogP contribution in [0.1, 0.15) is 37.7 Å². The average Bonchev–Trinajstić information content (AvgIpc) is 2.64. The Balaban J connectivity index is 1.66. The summed E-state index contributed by atoms with van der Waals surface area (Å²) >= 11 is 0. The van der Waals surface area contributed by atoms with Gasteiger partial charge in [-0.2, -0.15) is 0 Å². The standard InChI is InChI=1S/C19H28N2O3/c1-24-13-5-12-20-18(22)16-8-10-17(11-9-16)19(23)21-14-15-6-3-2-4-7-15/h2-4,6-7,16-17H,5,8-14H2,1H3,(H,20,22)(H,21,23). The van der Waals surface area contributed by atoms with Crippen molar-refractivity contribution in [1.29, 1.82) is 0 Å². The van der Waals surface area contributed by atoms with Gasteiger partial charge in [-0.1, -0.05) is 30.3 Å². The van der Waals surface area contributed by atoms with E-state index < -0.39 is 0 Å². The van der Waals surface area contributed by atoms with Crippen LogP contribution < -0.4 is 10.6 Å². The molecule has 0 heterocycles. The zero-order valence-electron chi connectivity index (χ0n) is 14.4. The van der Waals surface area contributed by atoms with Crippen LogP contribution in [0.4, 0.5) is 0 Å². The van der Waals surface area contributed by atoms with Gasteiger partial charge in [0.15, 0.2) is 0 Å². The van der Waals surface area contributed by atoms with Crippen molar-refractivity contribution in [3.05, 3.63) is 35.9 Å². The lowest BCUT2D eigenvalue weighted by Gasteiger charge is -2.27. The first kappa shape index (κ1) is 18.5. The lowest BCUT2D eigenvalue weighted by Crippen LogP contribution is -2.37. The molecular formula is C19H28N2O3. The van der Waals surface area contributed by atoms with Crippen LogP contribution in [0.2, 0.25) is 0 Å². The van der Waals surface area contributed by atoms with E-state index >= 15 is 0 Å². The molecule has 1 aliphatic rings. The molecule has 0 unspecified atom stereocenters. The van der Waals surface area contributed by atoms with Gasteiger partial charge in [0.1, 0.15) is 0 Å². The van der Waals surface area contributed by atoms with Gasteiger partial charge in [0.2, 0.25) is 11.8 Å². The number of hydrogen-bond acceptors (Lipinski definition) is 3. The second-order valence-corrected chi connectivity index (χ2v) is 6.39. The van der Waals surface area contributed by atoms with Gasteiger partial charge in [-0.25, -0.2) is 0 Å². The highest BCUT2D eigenvalue weighted by molar-refractivity contribution is 5.81. The minimum absolute atomic E-state index is 0.0336. The summed E-state index contributed by atoms with van der Waals surface area (Å²) in [5, 5.41) is 5.97. The Bertz CT molecular complexity index is 511. The third-order valence-electron chi connectivity index (χ3n) is 4.60. The van der Waals surface area contributed by atoms with Gasteiger partial charge < -0.3 is 15.4 Å². The molecule has 0 radical (unpaired) electrons. The quantitative estimate of drug-likeness (QED) is 0.718. The summed E-state index contributed by atoms with van der Waals surface area (Å²) in [6.45, 7) is 1.89. The van der Waals surface area contributed by atoms with Crippen LogP contribution in [0.15, 0.2) is 30.3 Å². The zero-order chi connectivity index (χ0) is 17.2. The summed E-state index contributed by atoms with van der Waals surface area (Å²) in [6, 6.07) is 9.92. The summed E-state index contributed by atoms with van der Waals surface area (Å²) < 4.78 is 4.97. The second-order valence-electron chi connectivity index (χ2n) is 6.39. The van der Waals surface area contributed by atoms with Crippen molar-refractivity contribution in [1.82, 2.24) is 10.6 Å². The van der Waals surface area contributed by atoms with E-state index in [1.54, 1.807) is 7.11 Å². The van der Waals surface area contributed by atoms with Gasteiger partial charge in [0, 0.05) is 38.6 Å². The molecule has 1 saturated carbocycles. The number of amides is 2. The third-order valence-corrected chi connectivity index (χ3v) is 4.60. The molecule has 0 spiro atoms. The first-order valence-electron chi connectivity index (χ1n) is 8.79. The number of methoxy groups -OCH3 is 1. The number of benzene rings is 1. The molecular weight excluding hydrogens is 304 g/mol. The Morgan fingerprint density at radius 3 is 2.17 bits per heavy atom. The van der Waals surface area contributed by atoms with Crippen molar-refractivity contribution < 1.29 is 14.3 Å². The fraction of sp³-hybridized carbons (Fsp3) is 0.579. The molecule has 1 aromatic rings. The maximum atomic E-state index is 12.3. The number of rotatable bonds is 8. The fourth-order valence-electron chi connectivity index (χ4n) is 3.12. The minimum Gasteiger partial charge on any atom is -0.385 e. The molecule has 24 heavy (non-hydrogen) atoms. The second kappa shape index (κ2) is 10.1. The molecule has 0 saturated heterocycles. The predicted octanol–water partition coefficient (Wildman–Crippen LogP) is 2.26. The lowest BCUT2D eigenvalue weighted by atomic mass is 9.81. The van der Waals surface area contributed by atoms with Crippen molar-refractivity contribution >= 4 is 11.8 Å². The molecule has 5 nitrogen and oxygen atoms in total. The van der Waals surface area contributed by atoms with Gasteiger partial charge in [-0.3, -0.25) is 9.59 Å². The summed E-state index contributed by atoms with van der Waals surface area (Å²) in [5.41, 5.74) is 1.11. The number of ether oxygens (including phenoxy) is 1. The lowest BCUT2D eigenvalue weighted by molar-refractivity contribution is -0.130. The van der Waals surface area contributed by atoms with Crippen LogP contribution in [-0.4, -0.2) is 32.1 Å². The zero-order valence-corrected chi connectivity index (χ0v) is 14.4. The van der Waals surface area contributed by atoms with E-state index in [9.17, 15) is 9.59 Å². The van der Waals surface area contributed by atoms with E-state index in [1.165, 1.54) is 0 Å². The molecule has 0 aromatic heterocycles. The highest BCUT2D eigenvalue weighted by Gasteiger charge is 2.29. The number of nitrogens with one attached hydrogen (secondary N) is 2. The first-order chi connectivity index (χ1) is 11.7. The largest absolute Gasteiger partial charge is 0.385 e. The molecule has 0 atom stereocenters. The topological polar surface area (TPSA) is 67.4 Å². The Labute approximate surface area is 144 Å². The van der Waals surface area contributed by atoms with Crippen molar-refractivity contribution in [3.63, 3.8) is 0 Å². The van der Waals surface area contributed by atoms with Crippen LogP contribution in [-0.2, 0) is 20.9 Å². The minimum atomic E-state index is 0.0336. The van der Waals surface area contributed by atoms with Crippen molar-refractivity contribution in [2.75, 3.05) is 20.3 Å². The third kappa shape index (κ3) is 5.96.